The third-order valence-electron chi connectivity index (χ3n) is 2.18. The van der Waals surface area contributed by atoms with Crippen molar-refractivity contribution in [3.05, 3.63) is 11.7 Å². The van der Waals surface area contributed by atoms with Crippen LogP contribution in [0.1, 0.15) is 0 Å². The molecule has 0 atom stereocenters. The van der Waals surface area contributed by atoms with E-state index < -0.39 is 48.2 Å². The fourth-order valence-electron chi connectivity index (χ4n) is 0.943. The molecule has 0 nitrogen and oxygen atoms in total. The Kier molecular flexibility index (Phi) is 5.13. The van der Waals surface area contributed by atoms with Crippen molar-refractivity contribution in [2.75, 3.05) is 6.67 Å². The SMILES string of the molecule is FCC(F)(F)C(F)(F)C(F)=C(F)C(F)(C(F)(F)F)C(F)(F)F. The Morgan fingerprint density at radius 3 is 1.14 bits per heavy atom. The lowest BCUT2D eigenvalue weighted by atomic mass is 9.99. The van der Waals surface area contributed by atoms with Crippen molar-refractivity contribution in [3.8, 4) is 0 Å². The molecule has 0 rings (SSSR count). The molecule has 0 heterocycles. The van der Waals surface area contributed by atoms with Crippen molar-refractivity contribution in [1.82, 2.24) is 0 Å². The van der Waals surface area contributed by atoms with Gasteiger partial charge in [-0.05, 0) is 0 Å². The molecule has 0 spiro atoms. The van der Waals surface area contributed by atoms with Gasteiger partial charge in [0.15, 0.2) is 12.5 Å². The minimum atomic E-state index is -7.35. The second-order valence-corrected chi connectivity index (χ2v) is 3.69. The summed E-state index contributed by atoms with van der Waals surface area (Å²) in [6, 6.07) is 0. The Balaban J connectivity index is 6.45. The zero-order valence-electron chi connectivity index (χ0n) is 9.50. The van der Waals surface area contributed by atoms with Crippen LogP contribution in [-0.2, 0) is 0 Å². The van der Waals surface area contributed by atoms with E-state index >= 15 is 0 Å². The zero-order valence-corrected chi connectivity index (χ0v) is 9.50. The lowest BCUT2D eigenvalue weighted by Crippen LogP contribution is -2.55. The first-order valence-corrected chi connectivity index (χ1v) is 4.58. The molecule has 0 aromatic heterocycles. The normalized spacial score (nSPS) is 16.6. The van der Waals surface area contributed by atoms with E-state index in [1.807, 2.05) is 0 Å². The molecule has 0 aliphatic carbocycles. The number of rotatable bonds is 4. The molecule has 22 heavy (non-hydrogen) atoms. The van der Waals surface area contributed by atoms with E-state index in [-0.39, 0.29) is 0 Å². The maximum atomic E-state index is 12.9. The molecule has 0 saturated carbocycles. The van der Waals surface area contributed by atoms with Crippen molar-refractivity contribution in [2.45, 2.75) is 29.9 Å². The standard InChI is InChI=1S/C8H2F14/c9-1-4(12,13)6(15,16)3(11)2(10)5(14,7(17,18)19)8(20,21)22/h1H2. The van der Waals surface area contributed by atoms with E-state index in [4.69, 9.17) is 0 Å². The van der Waals surface area contributed by atoms with Gasteiger partial charge in [-0.25, -0.2) is 17.6 Å². The van der Waals surface area contributed by atoms with Crippen LogP contribution < -0.4 is 0 Å². The van der Waals surface area contributed by atoms with Gasteiger partial charge in [0.1, 0.15) is 0 Å². The van der Waals surface area contributed by atoms with Crippen LogP contribution >= 0.6 is 0 Å². The molecule has 0 radical (unpaired) electrons. The zero-order chi connectivity index (χ0) is 18.4. The topological polar surface area (TPSA) is 0 Å². The van der Waals surface area contributed by atoms with E-state index in [1.54, 1.807) is 0 Å². The van der Waals surface area contributed by atoms with Crippen LogP contribution in [0.15, 0.2) is 11.7 Å². The molecule has 0 saturated heterocycles. The predicted octanol–water partition coefficient (Wildman–Crippen LogP) is 5.21. The Morgan fingerprint density at radius 1 is 0.591 bits per heavy atom. The highest BCUT2D eigenvalue weighted by Gasteiger charge is 2.78. The van der Waals surface area contributed by atoms with Crippen LogP contribution in [0.5, 0.6) is 0 Å². The first kappa shape index (κ1) is 20.8. The smallest absolute Gasteiger partial charge is 0.244 e. The maximum absolute atomic E-state index is 12.9. The van der Waals surface area contributed by atoms with Gasteiger partial charge in [0.05, 0.1) is 0 Å². The second-order valence-electron chi connectivity index (χ2n) is 3.69. The van der Waals surface area contributed by atoms with Gasteiger partial charge in [-0.1, -0.05) is 0 Å². The van der Waals surface area contributed by atoms with Crippen LogP contribution in [0.2, 0.25) is 0 Å². The van der Waals surface area contributed by atoms with Crippen LogP contribution in [0.4, 0.5) is 61.5 Å². The van der Waals surface area contributed by atoms with Crippen molar-refractivity contribution in [2.24, 2.45) is 0 Å². The molecule has 0 amide bonds. The largest absolute Gasteiger partial charge is 0.438 e. The predicted molar refractivity (Wildman–Crippen MR) is 41.1 cm³/mol. The summed E-state index contributed by atoms with van der Waals surface area (Å²) in [6.07, 6.45) is -14.7. The van der Waals surface area contributed by atoms with Gasteiger partial charge in [-0.2, -0.15) is 43.9 Å². The second kappa shape index (κ2) is 5.44. The van der Waals surface area contributed by atoms with E-state index in [9.17, 15) is 61.5 Å². The highest BCUT2D eigenvalue weighted by Crippen LogP contribution is 2.54. The van der Waals surface area contributed by atoms with Gasteiger partial charge in [0.25, 0.3) is 0 Å². The number of hydrogen-bond acceptors (Lipinski definition) is 0. The Hall–Kier alpha value is -1.24. The lowest BCUT2D eigenvalue weighted by molar-refractivity contribution is -0.332. The summed E-state index contributed by atoms with van der Waals surface area (Å²) >= 11 is 0. The third-order valence-corrected chi connectivity index (χ3v) is 2.18. The molecule has 0 aliphatic heterocycles. The minimum Gasteiger partial charge on any atom is -0.244 e. The molecule has 0 bridgehead atoms. The van der Waals surface area contributed by atoms with Gasteiger partial charge in [0, 0.05) is 0 Å². The quantitative estimate of drug-likeness (QED) is 0.601. The summed E-state index contributed by atoms with van der Waals surface area (Å²) in [4.78, 5) is 0. The molecule has 0 aliphatic rings. The van der Waals surface area contributed by atoms with Gasteiger partial charge < -0.3 is 0 Å². The summed E-state index contributed by atoms with van der Waals surface area (Å²) in [5.74, 6) is -22.6. The van der Waals surface area contributed by atoms with E-state index in [0.717, 1.165) is 0 Å². The molecular formula is C8H2F14. The van der Waals surface area contributed by atoms with Gasteiger partial charge in [0.2, 0.25) is 5.83 Å². The summed E-state index contributed by atoms with van der Waals surface area (Å²) in [5, 5.41) is 0. The number of allylic oxidation sites excluding steroid dienone is 2. The van der Waals surface area contributed by atoms with E-state index in [2.05, 4.69) is 0 Å². The first-order valence-electron chi connectivity index (χ1n) is 4.58. The summed E-state index contributed by atoms with van der Waals surface area (Å²) in [6.45, 7) is -3.47. The summed E-state index contributed by atoms with van der Waals surface area (Å²) in [5.41, 5.74) is -7.32. The van der Waals surface area contributed by atoms with Crippen LogP contribution in [0.3, 0.4) is 0 Å². The number of hydrogen-bond donors (Lipinski definition) is 0. The lowest BCUT2D eigenvalue weighted by Gasteiger charge is -2.30. The van der Waals surface area contributed by atoms with E-state index in [1.165, 1.54) is 0 Å². The van der Waals surface area contributed by atoms with Crippen LogP contribution in [0, 0.1) is 0 Å². The number of halogens is 14. The van der Waals surface area contributed by atoms with Crippen molar-refractivity contribution in [1.29, 1.82) is 0 Å². The molecule has 0 aromatic carbocycles. The molecule has 0 aromatic rings. The van der Waals surface area contributed by atoms with Crippen molar-refractivity contribution in [3.63, 3.8) is 0 Å². The van der Waals surface area contributed by atoms with Gasteiger partial charge in [-0.15, -0.1) is 0 Å². The highest BCUT2D eigenvalue weighted by molar-refractivity contribution is 5.26. The molecule has 0 N–H and O–H groups in total. The Bertz CT molecular complexity index is 423. The molecule has 14 heteroatoms. The summed E-state index contributed by atoms with van der Waals surface area (Å²) < 4.78 is 171. The fourth-order valence-corrected chi connectivity index (χ4v) is 0.943. The monoisotopic (exact) mass is 364 g/mol. The first-order chi connectivity index (χ1) is 9.38. The minimum absolute atomic E-state index is 3.47. The highest BCUT2D eigenvalue weighted by atomic mass is 19.4. The third kappa shape index (κ3) is 2.95. The fraction of sp³-hybridized carbons (Fsp3) is 0.750. The van der Waals surface area contributed by atoms with E-state index in [0.29, 0.717) is 0 Å². The van der Waals surface area contributed by atoms with Crippen molar-refractivity contribution < 1.29 is 61.5 Å². The maximum Gasteiger partial charge on any atom is 0.438 e. The van der Waals surface area contributed by atoms with Crippen LogP contribution in [0.25, 0.3) is 0 Å². The van der Waals surface area contributed by atoms with Crippen molar-refractivity contribution >= 4 is 0 Å². The average molecular weight is 364 g/mol. The average Bonchev–Trinajstić information content (AvgIpc) is 2.32. The van der Waals surface area contributed by atoms with Crippen LogP contribution in [-0.4, -0.2) is 36.5 Å². The Morgan fingerprint density at radius 2 is 0.909 bits per heavy atom. The molecule has 0 fully saturated rings. The molecular weight excluding hydrogens is 362 g/mol. The van der Waals surface area contributed by atoms with Gasteiger partial charge in [-0.3, -0.25) is 0 Å². The molecule has 0 unspecified atom stereocenters. The summed E-state index contributed by atoms with van der Waals surface area (Å²) in [7, 11) is 0. The van der Waals surface area contributed by atoms with Gasteiger partial charge >= 0.3 is 29.9 Å². The number of alkyl halides is 12. The molecule has 132 valence electrons. The Labute approximate surface area is 111 Å².